The maximum absolute atomic E-state index is 8.88. The molecule has 55 valence electrons. The summed E-state index contributed by atoms with van der Waals surface area (Å²) < 4.78 is 25.8. The molecular weight excluding hydrogens is 385 g/mol. The van der Waals surface area contributed by atoms with Crippen LogP contribution in [0.1, 0.15) is 0 Å². The van der Waals surface area contributed by atoms with E-state index in [1.165, 1.54) is 0 Å². The van der Waals surface area contributed by atoms with Crippen LogP contribution in [-0.4, -0.2) is 42.0 Å². The van der Waals surface area contributed by atoms with Crippen LogP contribution in [0.4, 0.5) is 0 Å². The molecule has 0 atom stereocenters. The van der Waals surface area contributed by atoms with Crippen molar-refractivity contribution in [2.24, 2.45) is 0 Å². The van der Waals surface area contributed by atoms with Crippen LogP contribution in [0.15, 0.2) is 0 Å². The standard InChI is InChI=1S/H3O4P.2O.Pb.V.2H/c1-5(2,3)4;;;;;;/h(H3,1,2,3,4);;;;;;. The molecule has 0 aromatic rings. The molecule has 0 fully saturated rings. The molecule has 0 saturated carbocycles. The third kappa shape index (κ3) is 324. The predicted molar refractivity (Wildman–Crippen MR) is 24.2 cm³/mol. The molecular formula is H5O6PPbV. The monoisotopic (exact) mass is 391 g/mol. The summed E-state index contributed by atoms with van der Waals surface area (Å²) in [5, 5.41) is 0. The van der Waals surface area contributed by atoms with Gasteiger partial charge in [0, 0.05) is 0 Å². The van der Waals surface area contributed by atoms with Gasteiger partial charge in [0.25, 0.3) is 0 Å². The molecule has 0 aliphatic heterocycles. The van der Waals surface area contributed by atoms with Gasteiger partial charge in [-0.25, -0.2) is 4.57 Å². The van der Waals surface area contributed by atoms with Crippen molar-refractivity contribution in [3.05, 3.63) is 0 Å². The topological polar surface area (TPSA) is 112 Å². The molecule has 0 spiro atoms. The number of phosphoric acid groups is 1. The molecule has 0 bridgehead atoms. The van der Waals surface area contributed by atoms with Crippen molar-refractivity contribution >= 4 is 35.1 Å². The van der Waals surface area contributed by atoms with Gasteiger partial charge >= 0.3 is 58.7 Å². The Balaban J connectivity index is -0.0000000800. The van der Waals surface area contributed by atoms with Gasteiger partial charge in [0.15, 0.2) is 0 Å². The predicted octanol–water partition coefficient (Wildman–Crippen LogP) is -2.08. The minimum absolute atomic E-state index is 0. The Labute approximate surface area is 77.6 Å². The average molecular weight is 390 g/mol. The second kappa shape index (κ2) is 9.22. The van der Waals surface area contributed by atoms with Crippen molar-refractivity contribution in [2.75, 3.05) is 0 Å². The normalized spacial score (nSPS) is 7.44. The van der Waals surface area contributed by atoms with Gasteiger partial charge in [-0.15, -0.1) is 0 Å². The minimum atomic E-state index is -4.64. The summed E-state index contributed by atoms with van der Waals surface area (Å²) >= 11 is -1.81. The SMILES string of the molecule is O=P(O)(O)O.[O]=[V]=[O].[PbH2]. The third-order valence-corrected chi connectivity index (χ3v) is 0. The van der Waals surface area contributed by atoms with E-state index in [0.717, 1.165) is 0 Å². The van der Waals surface area contributed by atoms with E-state index in [4.69, 9.17) is 26.6 Å². The van der Waals surface area contributed by atoms with Crippen molar-refractivity contribution in [2.45, 2.75) is 0 Å². The van der Waals surface area contributed by atoms with Gasteiger partial charge < -0.3 is 14.7 Å². The Morgan fingerprint density at radius 3 is 1.11 bits per heavy atom. The number of rotatable bonds is 0. The van der Waals surface area contributed by atoms with E-state index in [2.05, 4.69) is 0 Å². The van der Waals surface area contributed by atoms with Crippen LogP contribution < -0.4 is 0 Å². The molecule has 0 rings (SSSR count). The Bertz CT molecular complexity index is 111. The van der Waals surface area contributed by atoms with Gasteiger partial charge in [0.05, 0.1) is 0 Å². The fraction of sp³-hybridized carbons (Fsp3) is 0. The molecule has 3 N–H and O–H groups in total. The second-order valence-electron chi connectivity index (χ2n) is 0.588. The summed E-state index contributed by atoms with van der Waals surface area (Å²) in [5.74, 6) is 0. The van der Waals surface area contributed by atoms with Crippen molar-refractivity contribution in [3.8, 4) is 0 Å². The van der Waals surface area contributed by atoms with Crippen molar-refractivity contribution in [3.63, 3.8) is 0 Å². The van der Waals surface area contributed by atoms with E-state index in [9.17, 15) is 0 Å². The summed E-state index contributed by atoms with van der Waals surface area (Å²) in [6.07, 6.45) is 0. The molecule has 0 saturated heterocycles. The molecule has 0 aromatic heterocycles. The Kier molecular flexibility index (Phi) is 17.1. The van der Waals surface area contributed by atoms with Gasteiger partial charge in [0.2, 0.25) is 0 Å². The molecule has 0 aliphatic carbocycles. The first-order valence-corrected chi connectivity index (χ1v) is 3.85. The summed E-state index contributed by atoms with van der Waals surface area (Å²) in [6.45, 7) is 0. The number of hydrogen-bond acceptors (Lipinski definition) is 3. The van der Waals surface area contributed by atoms with Crippen LogP contribution >= 0.6 is 7.82 Å². The number of hydrogen-bond donors (Lipinski definition) is 3. The van der Waals surface area contributed by atoms with Gasteiger partial charge in [-0.2, -0.15) is 0 Å². The fourth-order valence-corrected chi connectivity index (χ4v) is 0. The molecule has 0 heterocycles. The van der Waals surface area contributed by atoms with Gasteiger partial charge in [0.1, 0.15) is 0 Å². The first-order chi connectivity index (χ1) is 3.41. The van der Waals surface area contributed by atoms with Crippen LogP contribution in [0.3, 0.4) is 0 Å². The summed E-state index contributed by atoms with van der Waals surface area (Å²) in [5.41, 5.74) is 0. The molecule has 0 aromatic carbocycles. The fourth-order valence-electron chi connectivity index (χ4n) is 0. The Morgan fingerprint density at radius 2 is 1.11 bits per heavy atom. The first-order valence-electron chi connectivity index (χ1n) is 1.15. The van der Waals surface area contributed by atoms with E-state index in [1.807, 2.05) is 0 Å². The van der Waals surface area contributed by atoms with Gasteiger partial charge in [-0.05, 0) is 0 Å². The summed E-state index contributed by atoms with van der Waals surface area (Å²) in [4.78, 5) is 21.6. The zero-order valence-corrected chi connectivity index (χ0v) is 12.0. The van der Waals surface area contributed by atoms with Crippen LogP contribution in [0.2, 0.25) is 0 Å². The molecule has 9 heavy (non-hydrogen) atoms. The van der Waals surface area contributed by atoms with Crippen LogP contribution in [-0.2, 0) is 28.1 Å². The van der Waals surface area contributed by atoms with Crippen LogP contribution in [0, 0.1) is 0 Å². The maximum atomic E-state index is 8.88. The zero-order chi connectivity index (χ0) is 7.21. The average Bonchev–Trinajstić information content (AvgIpc) is 1.27. The van der Waals surface area contributed by atoms with E-state index in [1.54, 1.807) is 0 Å². The van der Waals surface area contributed by atoms with Gasteiger partial charge in [-0.1, -0.05) is 0 Å². The van der Waals surface area contributed by atoms with Crippen molar-refractivity contribution in [1.82, 2.24) is 0 Å². The summed E-state index contributed by atoms with van der Waals surface area (Å²) in [6, 6.07) is 0. The van der Waals surface area contributed by atoms with Crippen LogP contribution in [0.5, 0.6) is 0 Å². The molecule has 6 nitrogen and oxygen atoms in total. The molecule has 0 amide bonds. The Morgan fingerprint density at radius 1 is 1.11 bits per heavy atom. The van der Waals surface area contributed by atoms with E-state index < -0.39 is 24.0 Å². The quantitative estimate of drug-likeness (QED) is 0.323. The van der Waals surface area contributed by atoms with Crippen LogP contribution in [0.25, 0.3) is 0 Å². The molecule has 0 aliphatic rings. The molecule has 0 unspecified atom stereocenters. The van der Waals surface area contributed by atoms with E-state index in [-0.39, 0.29) is 27.3 Å². The first kappa shape index (κ1) is 16.7. The molecule has 2 radical (unpaired) electrons. The summed E-state index contributed by atoms with van der Waals surface area (Å²) in [7, 11) is -4.64. The van der Waals surface area contributed by atoms with Gasteiger partial charge in [-0.3, -0.25) is 0 Å². The van der Waals surface area contributed by atoms with Crippen molar-refractivity contribution in [1.29, 1.82) is 0 Å². The molecule has 9 heteroatoms. The zero-order valence-electron chi connectivity index (χ0n) is 4.17. The second-order valence-corrected chi connectivity index (χ2v) is 1.85. The third-order valence-electron chi connectivity index (χ3n) is 0. The Hall–Kier alpha value is 1.22. The van der Waals surface area contributed by atoms with E-state index >= 15 is 0 Å². The van der Waals surface area contributed by atoms with E-state index in [0.29, 0.717) is 0 Å². The van der Waals surface area contributed by atoms with Crippen molar-refractivity contribution < 1.29 is 42.8 Å².